The molecule has 0 aliphatic carbocycles. The highest BCUT2D eigenvalue weighted by Gasteiger charge is 1.99. The molecule has 0 unspecified atom stereocenters. The number of aromatic nitrogens is 2. The van der Waals surface area contributed by atoms with Crippen molar-refractivity contribution in [2.24, 2.45) is 0 Å². The van der Waals surface area contributed by atoms with Gasteiger partial charge in [0, 0.05) is 24.0 Å². The molecule has 0 aliphatic heterocycles. The maximum Gasteiger partial charge on any atom is 0.0702 e. The van der Waals surface area contributed by atoms with Crippen LogP contribution in [-0.2, 0) is 0 Å². The van der Waals surface area contributed by atoms with E-state index in [0.717, 1.165) is 0 Å². The summed E-state index contributed by atoms with van der Waals surface area (Å²) in [4.78, 5) is 0. The summed E-state index contributed by atoms with van der Waals surface area (Å²) in [6.07, 6.45) is 6.14. The van der Waals surface area contributed by atoms with E-state index in [1.54, 1.807) is 0 Å². The van der Waals surface area contributed by atoms with Gasteiger partial charge < -0.3 is 0 Å². The van der Waals surface area contributed by atoms with E-state index in [9.17, 15) is 0 Å². The third-order valence-electron chi connectivity index (χ3n) is 2.42. The summed E-state index contributed by atoms with van der Waals surface area (Å²) in [5.74, 6) is 0. The SMILES string of the molecule is c1ccc2c(c1)ccn2-n1cccc1. The molecular formula is C12H10N2. The van der Waals surface area contributed by atoms with Gasteiger partial charge in [-0.1, -0.05) is 18.2 Å². The summed E-state index contributed by atoms with van der Waals surface area (Å²) in [5, 5.41) is 1.27. The van der Waals surface area contributed by atoms with Crippen LogP contribution >= 0.6 is 0 Å². The second-order valence-corrected chi connectivity index (χ2v) is 3.28. The molecule has 1 aromatic carbocycles. The first kappa shape index (κ1) is 7.44. The Bertz CT molecular complexity index is 546. The predicted octanol–water partition coefficient (Wildman–Crippen LogP) is 2.75. The number of hydrogen-bond acceptors (Lipinski definition) is 0. The quantitative estimate of drug-likeness (QED) is 0.547. The predicted molar refractivity (Wildman–Crippen MR) is 57.2 cm³/mol. The van der Waals surface area contributed by atoms with Gasteiger partial charge in [0.15, 0.2) is 0 Å². The fourth-order valence-corrected chi connectivity index (χ4v) is 1.74. The number of fused-ring (bicyclic) bond motifs is 1. The van der Waals surface area contributed by atoms with Crippen molar-refractivity contribution in [2.45, 2.75) is 0 Å². The monoisotopic (exact) mass is 182 g/mol. The Labute approximate surface area is 82.0 Å². The van der Waals surface area contributed by atoms with E-state index >= 15 is 0 Å². The third kappa shape index (κ3) is 0.973. The average Bonchev–Trinajstić information content (AvgIpc) is 2.85. The lowest BCUT2D eigenvalue weighted by Gasteiger charge is -2.05. The average molecular weight is 182 g/mol. The molecule has 0 saturated heterocycles. The number of para-hydroxylation sites is 1. The molecule has 2 heteroatoms. The van der Waals surface area contributed by atoms with Gasteiger partial charge in [0.05, 0.1) is 5.52 Å². The highest BCUT2D eigenvalue weighted by Crippen LogP contribution is 2.15. The molecule has 0 bridgehead atoms. The number of hydrogen-bond donors (Lipinski definition) is 0. The van der Waals surface area contributed by atoms with Crippen molar-refractivity contribution in [1.29, 1.82) is 0 Å². The summed E-state index contributed by atoms with van der Waals surface area (Å²) in [7, 11) is 0. The zero-order valence-electron chi connectivity index (χ0n) is 7.67. The molecule has 0 amide bonds. The Balaban J connectivity index is 2.33. The maximum absolute atomic E-state index is 2.12. The van der Waals surface area contributed by atoms with Gasteiger partial charge in [0.1, 0.15) is 0 Å². The third-order valence-corrected chi connectivity index (χ3v) is 2.42. The molecule has 0 saturated carbocycles. The molecule has 0 aliphatic rings. The minimum absolute atomic E-state index is 1.23. The van der Waals surface area contributed by atoms with Gasteiger partial charge in [-0.15, -0.1) is 0 Å². The Morgan fingerprint density at radius 2 is 1.50 bits per heavy atom. The molecule has 0 fully saturated rings. The molecule has 2 nitrogen and oxygen atoms in total. The van der Waals surface area contributed by atoms with Crippen LogP contribution in [0.5, 0.6) is 0 Å². The highest BCUT2D eigenvalue weighted by atomic mass is 15.4. The van der Waals surface area contributed by atoms with Crippen molar-refractivity contribution in [2.75, 3.05) is 0 Å². The molecule has 2 aromatic heterocycles. The van der Waals surface area contributed by atoms with Crippen LogP contribution in [0.4, 0.5) is 0 Å². The Kier molecular flexibility index (Phi) is 1.47. The molecule has 14 heavy (non-hydrogen) atoms. The zero-order valence-corrected chi connectivity index (χ0v) is 7.67. The van der Waals surface area contributed by atoms with Crippen LogP contribution in [0, 0.1) is 0 Å². The van der Waals surface area contributed by atoms with E-state index < -0.39 is 0 Å². The Hall–Kier alpha value is -1.96. The molecule has 3 aromatic rings. The minimum Gasteiger partial charge on any atom is -0.264 e. The smallest absolute Gasteiger partial charge is 0.0702 e. The normalized spacial score (nSPS) is 10.9. The summed E-state index contributed by atoms with van der Waals surface area (Å²) >= 11 is 0. The maximum atomic E-state index is 2.12. The molecule has 2 heterocycles. The first-order valence-electron chi connectivity index (χ1n) is 4.65. The van der Waals surface area contributed by atoms with E-state index in [1.165, 1.54) is 10.9 Å². The number of nitrogens with zero attached hydrogens (tertiary/aromatic N) is 2. The van der Waals surface area contributed by atoms with Crippen molar-refractivity contribution in [3.8, 4) is 0 Å². The van der Waals surface area contributed by atoms with E-state index in [2.05, 4.69) is 45.9 Å². The van der Waals surface area contributed by atoms with E-state index in [4.69, 9.17) is 0 Å². The zero-order chi connectivity index (χ0) is 9.38. The molecular weight excluding hydrogens is 172 g/mol. The fourth-order valence-electron chi connectivity index (χ4n) is 1.74. The Morgan fingerprint density at radius 3 is 2.36 bits per heavy atom. The van der Waals surface area contributed by atoms with Crippen LogP contribution in [0.25, 0.3) is 10.9 Å². The highest BCUT2D eigenvalue weighted by molar-refractivity contribution is 5.79. The second kappa shape index (κ2) is 2.77. The Morgan fingerprint density at radius 1 is 0.714 bits per heavy atom. The van der Waals surface area contributed by atoms with E-state index in [0.29, 0.717) is 0 Å². The molecule has 3 rings (SSSR count). The van der Waals surface area contributed by atoms with Gasteiger partial charge in [-0.05, 0) is 24.3 Å². The van der Waals surface area contributed by atoms with Crippen LogP contribution in [0.3, 0.4) is 0 Å². The van der Waals surface area contributed by atoms with Gasteiger partial charge in [-0.3, -0.25) is 9.35 Å². The fraction of sp³-hybridized carbons (Fsp3) is 0. The summed E-state index contributed by atoms with van der Waals surface area (Å²) in [5.41, 5.74) is 1.23. The van der Waals surface area contributed by atoms with Gasteiger partial charge in [-0.2, -0.15) is 0 Å². The minimum atomic E-state index is 1.23. The van der Waals surface area contributed by atoms with Gasteiger partial charge in [0.25, 0.3) is 0 Å². The van der Waals surface area contributed by atoms with Gasteiger partial charge in [-0.25, -0.2) is 0 Å². The lowest BCUT2D eigenvalue weighted by atomic mass is 10.3. The van der Waals surface area contributed by atoms with E-state index in [1.807, 2.05) is 24.5 Å². The van der Waals surface area contributed by atoms with Crippen molar-refractivity contribution in [3.05, 3.63) is 61.1 Å². The number of benzene rings is 1. The first-order chi connectivity index (χ1) is 6.95. The molecule has 0 spiro atoms. The van der Waals surface area contributed by atoms with Gasteiger partial charge >= 0.3 is 0 Å². The van der Waals surface area contributed by atoms with Gasteiger partial charge in [0.2, 0.25) is 0 Å². The lowest BCUT2D eigenvalue weighted by Crippen LogP contribution is -2.03. The second-order valence-electron chi connectivity index (χ2n) is 3.28. The summed E-state index contributed by atoms with van der Waals surface area (Å²) in [6.45, 7) is 0. The topological polar surface area (TPSA) is 9.86 Å². The first-order valence-corrected chi connectivity index (χ1v) is 4.65. The molecule has 68 valence electrons. The molecule has 0 atom stereocenters. The van der Waals surface area contributed by atoms with Crippen LogP contribution in [0.1, 0.15) is 0 Å². The summed E-state index contributed by atoms with van der Waals surface area (Å²) < 4.78 is 4.18. The van der Waals surface area contributed by atoms with Crippen LogP contribution in [-0.4, -0.2) is 9.35 Å². The lowest BCUT2D eigenvalue weighted by molar-refractivity contribution is 0.693. The van der Waals surface area contributed by atoms with Crippen molar-refractivity contribution in [3.63, 3.8) is 0 Å². The van der Waals surface area contributed by atoms with Crippen LogP contribution in [0.2, 0.25) is 0 Å². The summed E-state index contributed by atoms with van der Waals surface area (Å²) in [6, 6.07) is 14.5. The van der Waals surface area contributed by atoms with Crippen LogP contribution in [0.15, 0.2) is 61.1 Å². The van der Waals surface area contributed by atoms with Crippen LogP contribution < -0.4 is 0 Å². The standard InChI is InChI=1S/C12H10N2/c1-2-6-12-11(5-1)7-10-14(12)13-8-3-4-9-13/h1-10H. The van der Waals surface area contributed by atoms with Crippen molar-refractivity contribution in [1.82, 2.24) is 9.35 Å². The van der Waals surface area contributed by atoms with E-state index in [-0.39, 0.29) is 0 Å². The van der Waals surface area contributed by atoms with Crippen molar-refractivity contribution < 1.29 is 0 Å². The molecule has 0 N–H and O–H groups in total. The molecule has 0 radical (unpaired) electrons. The van der Waals surface area contributed by atoms with Crippen molar-refractivity contribution >= 4 is 10.9 Å². The number of rotatable bonds is 1. The largest absolute Gasteiger partial charge is 0.264 e.